The number of aromatic amines is 1. The average molecular weight is 377 g/mol. The second-order valence-electron chi connectivity index (χ2n) is 7.25. The molecule has 0 amide bonds. The van der Waals surface area contributed by atoms with Crippen molar-refractivity contribution in [3.05, 3.63) is 43.0 Å². The van der Waals surface area contributed by atoms with E-state index in [0.717, 1.165) is 52.2 Å². The van der Waals surface area contributed by atoms with Gasteiger partial charge in [0, 0.05) is 49.3 Å². The van der Waals surface area contributed by atoms with Crippen LogP contribution in [0, 0.1) is 5.92 Å². The van der Waals surface area contributed by atoms with Crippen LogP contribution in [0.2, 0.25) is 0 Å². The van der Waals surface area contributed by atoms with Crippen molar-refractivity contribution >= 4 is 16.7 Å². The van der Waals surface area contributed by atoms with Crippen LogP contribution < -0.4 is 4.90 Å². The Morgan fingerprint density at radius 1 is 1.21 bits per heavy atom. The molecular weight excluding hydrogens is 357 g/mol. The molecule has 1 aliphatic heterocycles. The number of benzene rings is 1. The average Bonchev–Trinajstić information content (AvgIpc) is 3.46. The Morgan fingerprint density at radius 2 is 2.14 bits per heavy atom. The van der Waals surface area contributed by atoms with Crippen LogP contribution in [0.3, 0.4) is 0 Å². The SMILES string of the molecule is Cn1cc(-c2ccc3[nH]nc(-c4cc(N5CC[C@@H](CF)C5)ncn4)c3c2)cn1. The Bertz CT molecular complexity index is 1130. The van der Waals surface area contributed by atoms with Crippen LogP contribution in [0.15, 0.2) is 43.0 Å². The van der Waals surface area contributed by atoms with Crippen molar-refractivity contribution in [2.75, 3.05) is 24.7 Å². The summed E-state index contributed by atoms with van der Waals surface area (Å²) in [6.45, 7) is 1.23. The lowest BCUT2D eigenvalue weighted by Gasteiger charge is -2.17. The maximum atomic E-state index is 13.0. The molecule has 3 aromatic heterocycles. The number of nitrogens with zero attached hydrogens (tertiary/aromatic N) is 6. The fourth-order valence-corrected chi connectivity index (χ4v) is 3.78. The molecule has 1 saturated heterocycles. The van der Waals surface area contributed by atoms with Crippen molar-refractivity contribution < 1.29 is 4.39 Å². The number of aromatic nitrogens is 6. The van der Waals surface area contributed by atoms with Gasteiger partial charge in [-0.25, -0.2) is 9.97 Å². The molecule has 0 radical (unpaired) electrons. The number of anilines is 1. The van der Waals surface area contributed by atoms with Crippen LogP contribution in [0.5, 0.6) is 0 Å². The molecule has 1 fully saturated rings. The van der Waals surface area contributed by atoms with E-state index in [9.17, 15) is 4.39 Å². The van der Waals surface area contributed by atoms with E-state index in [0.29, 0.717) is 6.54 Å². The highest BCUT2D eigenvalue weighted by Gasteiger charge is 2.24. The summed E-state index contributed by atoms with van der Waals surface area (Å²) >= 11 is 0. The molecule has 142 valence electrons. The van der Waals surface area contributed by atoms with E-state index < -0.39 is 0 Å². The minimum atomic E-state index is -0.282. The van der Waals surface area contributed by atoms with E-state index in [-0.39, 0.29) is 12.6 Å². The Balaban J connectivity index is 1.53. The van der Waals surface area contributed by atoms with Gasteiger partial charge in [-0.1, -0.05) is 6.07 Å². The monoisotopic (exact) mass is 377 g/mol. The Hall–Kier alpha value is -3.29. The van der Waals surface area contributed by atoms with Gasteiger partial charge in [0.1, 0.15) is 17.8 Å². The largest absolute Gasteiger partial charge is 0.356 e. The Kier molecular flexibility index (Phi) is 4.03. The highest BCUT2D eigenvalue weighted by atomic mass is 19.1. The van der Waals surface area contributed by atoms with Gasteiger partial charge in [0.15, 0.2) is 0 Å². The lowest BCUT2D eigenvalue weighted by molar-refractivity contribution is 0.384. The first-order valence-corrected chi connectivity index (χ1v) is 9.32. The number of halogens is 1. The maximum absolute atomic E-state index is 13.0. The molecule has 0 unspecified atom stereocenters. The van der Waals surface area contributed by atoms with Gasteiger partial charge in [0.2, 0.25) is 0 Å². The molecule has 1 atom stereocenters. The first-order chi connectivity index (χ1) is 13.7. The van der Waals surface area contributed by atoms with Gasteiger partial charge in [-0.05, 0) is 24.1 Å². The van der Waals surface area contributed by atoms with Gasteiger partial charge >= 0.3 is 0 Å². The first-order valence-electron chi connectivity index (χ1n) is 9.32. The van der Waals surface area contributed by atoms with Crippen molar-refractivity contribution in [3.8, 4) is 22.5 Å². The second-order valence-corrected chi connectivity index (χ2v) is 7.25. The fraction of sp³-hybridized carbons (Fsp3) is 0.300. The van der Waals surface area contributed by atoms with Crippen LogP contribution >= 0.6 is 0 Å². The van der Waals surface area contributed by atoms with Crippen molar-refractivity contribution in [1.29, 1.82) is 0 Å². The number of fused-ring (bicyclic) bond motifs is 1. The van der Waals surface area contributed by atoms with Crippen LogP contribution in [0.4, 0.5) is 10.2 Å². The summed E-state index contributed by atoms with van der Waals surface area (Å²) < 4.78 is 14.7. The number of rotatable bonds is 4. The minimum Gasteiger partial charge on any atom is -0.356 e. The molecule has 1 N–H and O–H groups in total. The summed E-state index contributed by atoms with van der Waals surface area (Å²) in [4.78, 5) is 10.9. The van der Waals surface area contributed by atoms with Crippen molar-refractivity contribution in [2.24, 2.45) is 13.0 Å². The molecule has 5 rings (SSSR count). The minimum absolute atomic E-state index is 0.0895. The van der Waals surface area contributed by atoms with Crippen LogP contribution in [-0.2, 0) is 7.05 Å². The fourth-order valence-electron chi connectivity index (χ4n) is 3.78. The summed E-state index contributed by atoms with van der Waals surface area (Å²) in [7, 11) is 1.90. The third-order valence-corrected chi connectivity index (χ3v) is 5.32. The molecule has 7 nitrogen and oxygen atoms in total. The van der Waals surface area contributed by atoms with Gasteiger partial charge in [0.25, 0.3) is 0 Å². The molecule has 0 spiro atoms. The first kappa shape index (κ1) is 16.9. The van der Waals surface area contributed by atoms with Crippen LogP contribution in [0.25, 0.3) is 33.4 Å². The topological polar surface area (TPSA) is 75.5 Å². The molecular formula is C20H20FN7. The number of aryl methyl sites for hydroxylation is 1. The number of H-pyrrole nitrogens is 1. The van der Waals surface area contributed by atoms with Gasteiger partial charge in [-0.15, -0.1) is 0 Å². The summed E-state index contributed by atoms with van der Waals surface area (Å²) in [5.74, 6) is 0.909. The molecule has 1 aromatic carbocycles. The predicted molar refractivity (Wildman–Crippen MR) is 106 cm³/mol. The van der Waals surface area contributed by atoms with Gasteiger partial charge in [0.05, 0.1) is 24.1 Å². The summed E-state index contributed by atoms with van der Waals surface area (Å²) in [6, 6.07) is 8.10. The quantitative estimate of drug-likeness (QED) is 0.591. The number of hydrogen-bond acceptors (Lipinski definition) is 5. The summed E-state index contributed by atoms with van der Waals surface area (Å²) in [5.41, 5.74) is 4.60. The lowest BCUT2D eigenvalue weighted by atomic mass is 10.1. The Labute approximate surface area is 161 Å². The van der Waals surface area contributed by atoms with E-state index in [2.05, 4.69) is 36.2 Å². The number of nitrogens with one attached hydrogen (secondary N) is 1. The normalized spacial score (nSPS) is 16.9. The molecule has 1 aliphatic rings. The molecule has 0 aliphatic carbocycles. The van der Waals surface area contributed by atoms with Crippen molar-refractivity contribution in [1.82, 2.24) is 29.9 Å². The lowest BCUT2D eigenvalue weighted by Crippen LogP contribution is -2.21. The third-order valence-electron chi connectivity index (χ3n) is 5.32. The Morgan fingerprint density at radius 3 is 2.93 bits per heavy atom. The van der Waals surface area contributed by atoms with E-state index in [1.807, 2.05) is 37.6 Å². The van der Waals surface area contributed by atoms with Crippen molar-refractivity contribution in [3.63, 3.8) is 0 Å². The second kappa shape index (κ2) is 6.70. The predicted octanol–water partition coefficient (Wildman–Crippen LogP) is 3.22. The molecule has 4 heterocycles. The highest BCUT2D eigenvalue weighted by Crippen LogP contribution is 2.31. The van der Waals surface area contributed by atoms with Crippen LogP contribution in [-0.4, -0.2) is 49.7 Å². The van der Waals surface area contributed by atoms with Crippen LogP contribution in [0.1, 0.15) is 6.42 Å². The standard InChI is InChI=1S/C20H20FN7/c1-27-11-15(9-24-27)14-2-3-17-16(6-14)20(26-25-17)18-7-19(23-12-22-18)28-5-4-13(8-21)10-28/h2-3,6-7,9,11-13H,4-5,8,10H2,1H3,(H,25,26)/t13-/m0/s1. The zero-order chi connectivity index (χ0) is 19.1. The smallest absolute Gasteiger partial charge is 0.132 e. The summed E-state index contributed by atoms with van der Waals surface area (Å²) in [5, 5.41) is 12.8. The number of hydrogen-bond donors (Lipinski definition) is 1. The van der Waals surface area contributed by atoms with Gasteiger partial charge in [-0.2, -0.15) is 10.2 Å². The molecule has 4 aromatic rings. The summed E-state index contributed by atoms with van der Waals surface area (Å²) in [6.07, 6.45) is 6.24. The highest BCUT2D eigenvalue weighted by molar-refractivity contribution is 5.95. The third kappa shape index (κ3) is 2.90. The number of alkyl halides is 1. The molecule has 0 saturated carbocycles. The maximum Gasteiger partial charge on any atom is 0.132 e. The van der Waals surface area contributed by atoms with E-state index in [4.69, 9.17) is 0 Å². The molecule has 8 heteroatoms. The zero-order valence-electron chi connectivity index (χ0n) is 15.5. The van der Waals surface area contributed by atoms with E-state index in [1.54, 1.807) is 11.0 Å². The molecule has 28 heavy (non-hydrogen) atoms. The zero-order valence-corrected chi connectivity index (χ0v) is 15.5. The van der Waals surface area contributed by atoms with Gasteiger partial charge in [-0.3, -0.25) is 14.2 Å². The van der Waals surface area contributed by atoms with E-state index >= 15 is 0 Å². The van der Waals surface area contributed by atoms with Gasteiger partial charge < -0.3 is 4.90 Å². The molecule has 0 bridgehead atoms. The van der Waals surface area contributed by atoms with Crippen molar-refractivity contribution in [2.45, 2.75) is 6.42 Å². The van der Waals surface area contributed by atoms with E-state index in [1.165, 1.54) is 0 Å².